The van der Waals surface area contributed by atoms with Gasteiger partial charge in [-0.05, 0) is 103 Å². The van der Waals surface area contributed by atoms with Crippen molar-refractivity contribution in [2.45, 2.75) is 149 Å². The van der Waals surface area contributed by atoms with Crippen LogP contribution in [0.5, 0.6) is 0 Å². The lowest BCUT2D eigenvalue weighted by Gasteiger charge is -2.33. The van der Waals surface area contributed by atoms with Crippen molar-refractivity contribution in [1.82, 2.24) is 4.90 Å². The van der Waals surface area contributed by atoms with E-state index >= 15 is 0 Å². The molecule has 0 aromatic rings. The van der Waals surface area contributed by atoms with E-state index in [1.807, 2.05) is 0 Å². The number of hydrogen-bond donors (Lipinski definition) is 2. The van der Waals surface area contributed by atoms with E-state index < -0.39 is 10.6 Å². The van der Waals surface area contributed by atoms with Crippen LogP contribution in [0.1, 0.15) is 142 Å². The lowest BCUT2D eigenvalue weighted by atomic mass is 10.1. The molecule has 0 rings (SSSR count). The van der Waals surface area contributed by atoms with Crippen LogP contribution in [0.3, 0.4) is 0 Å². The summed E-state index contributed by atoms with van der Waals surface area (Å²) < 4.78 is 22.2. The van der Waals surface area contributed by atoms with Gasteiger partial charge in [0.25, 0.3) is 0 Å². The molecule has 1 atom stereocenters. The lowest BCUT2D eigenvalue weighted by molar-refractivity contribution is -0.0828. The van der Waals surface area contributed by atoms with E-state index in [1.54, 1.807) is 12.5 Å². The SMILES string of the molecule is CC/C=C\C/C=C\C/C=C\C/C=C\C/C=C\CCCCN(CCCCO)CCCCCC(OCCCCCCCC)OS(C)(C)O. The highest BCUT2D eigenvalue weighted by Crippen LogP contribution is 2.38. The highest BCUT2D eigenvalue weighted by atomic mass is 32.3. The minimum absolute atomic E-state index is 0.279. The number of unbranched alkanes of at least 4 members (excludes halogenated alkanes) is 10. The minimum Gasteiger partial charge on any atom is -0.396 e. The summed E-state index contributed by atoms with van der Waals surface area (Å²) in [4.78, 5) is 2.58. The molecule has 0 saturated carbocycles. The molecule has 0 aliphatic heterocycles. The zero-order valence-corrected chi connectivity index (χ0v) is 31.4. The highest BCUT2D eigenvalue weighted by molar-refractivity contribution is 8.23. The number of allylic oxidation sites excluding steroid dienone is 10. The van der Waals surface area contributed by atoms with Gasteiger partial charge in [0.05, 0.1) is 0 Å². The molecule has 0 fully saturated rings. The van der Waals surface area contributed by atoms with Gasteiger partial charge in [0, 0.05) is 32.1 Å². The molecule has 1 unspecified atom stereocenters. The Morgan fingerprint density at radius 2 is 1.09 bits per heavy atom. The molecule has 0 aliphatic carbocycles. The third-order valence-electron chi connectivity index (χ3n) is 7.69. The fourth-order valence-electron chi connectivity index (χ4n) is 5.09. The molecule has 5 nitrogen and oxygen atoms in total. The van der Waals surface area contributed by atoms with Crippen molar-refractivity contribution < 1.29 is 18.6 Å². The molecule has 0 radical (unpaired) electrons. The summed E-state index contributed by atoms with van der Waals surface area (Å²) >= 11 is 0. The Morgan fingerprint density at radius 3 is 1.65 bits per heavy atom. The second-order valence-electron chi connectivity index (χ2n) is 12.7. The predicted octanol–water partition coefficient (Wildman–Crippen LogP) is 11.7. The van der Waals surface area contributed by atoms with Gasteiger partial charge in [-0.1, -0.05) is 113 Å². The molecule has 0 aromatic carbocycles. The third kappa shape index (κ3) is 35.7. The van der Waals surface area contributed by atoms with Crippen LogP contribution in [0.4, 0.5) is 0 Å². The van der Waals surface area contributed by atoms with E-state index in [-0.39, 0.29) is 12.9 Å². The Balaban J connectivity index is 4.17. The fraction of sp³-hybridized carbons (Fsp3) is 0.750. The number of rotatable bonds is 34. The van der Waals surface area contributed by atoms with Crippen molar-refractivity contribution in [3.63, 3.8) is 0 Å². The summed E-state index contributed by atoms with van der Waals surface area (Å²) in [5.74, 6) is 0. The van der Waals surface area contributed by atoms with Crippen molar-refractivity contribution >= 4 is 10.6 Å². The summed E-state index contributed by atoms with van der Waals surface area (Å²) in [6.07, 6.45) is 48.1. The summed E-state index contributed by atoms with van der Waals surface area (Å²) in [5, 5.41) is 9.24. The Hall–Kier alpha value is -1.15. The quantitative estimate of drug-likeness (QED) is 0.0407. The number of nitrogens with zero attached hydrogens (tertiary/aromatic N) is 1. The second-order valence-corrected chi connectivity index (χ2v) is 15.2. The van der Waals surface area contributed by atoms with Crippen molar-refractivity contribution in [2.75, 3.05) is 45.4 Å². The zero-order chi connectivity index (χ0) is 33.8. The Labute approximate surface area is 288 Å². The Bertz CT molecular complexity index is 772. The van der Waals surface area contributed by atoms with Gasteiger partial charge in [-0.3, -0.25) is 8.74 Å². The zero-order valence-electron chi connectivity index (χ0n) is 30.6. The van der Waals surface area contributed by atoms with Crippen molar-refractivity contribution in [1.29, 1.82) is 0 Å². The molecule has 270 valence electrons. The number of aliphatic hydroxyl groups is 1. The molecule has 0 bridgehead atoms. The maximum Gasteiger partial charge on any atom is 0.180 e. The van der Waals surface area contributed by atoms with Crippen molar-refractivity contribution in [3.05, 3.63) is 60.8 Å². The van der Waals surface area contributed by atoms with Crippen LogP contribution in [0, 0.1) is 0 Å². The summed E-state index contributed by atoms with van der Waals surface area (Å²) in [6, 6.07) is 0. The van der Waals surface area contributed by atoms with Crippen LogP contribution in [-0.4, -0.2) is 66.2 Å². The van der Waals surface area contributed by atoms with Gasteiger partial charge >= 0.3 is 0 Å². The molecule has 2 N–H and O–H groups in total. The normalized spacial score (nSPS) is 14.1. The van der Waals surface area contributed by atoms with E-state index in [1.165, 1.54) is 44.9 Å². The Morgan fingerprint density at radius 1 is 0.587 bits per heavy atom. The van der Waals surface area contributed by atoms with E-state index in [9.17, 15) is 9.66 Å². The fourth-order valence-corrected chi connectivity index (χ4v) is 5.77. The number of ether oxygens (including phenoxy) is 1. The molecular formula is C40H75NO4S. The first-order valence-electron chi connectivity index (χ1n) is 18.8. The molecular weight excluding hydrogens is 591 g/mol. The van der Waals surface area contributed by atoms with Crippen molar-refractivity contribution in [2.24, 2.45) is 0 Å². The molecule has 0 saturated heterocycles. The molecule has 0 heterocycles. The van der Waals surface area contributed by atoms with E-state index in [2.05, 4.69) is 79.5 Å². The summed E-state index contributed by atoms with van der Waals surface area (Å²) in [6.45, 7) is 8.70. The first-order chi connectivity index (χ1) is 22.4. The van der Waals surface area contributed by atoms with Crippen LogP contribution in [0.25, 0.3) is 0 Å². The maximum atomic E-state index is 10.3. The summed E-state index contributed by atoms with van der Waals surface area (Å²) in [5.41, 5.74) is 0. The van der Waals surface area contributed by atoms with Crippen LogP contribution in [-0.2, 0) is 8.92 Å². The van der Waals surface area contributed by atoms with Gasteiger partial charge in [0.1, 0.15) is 0 Å². The predicted molar refractivity (Wildman–Crippen MR) is 206 cm³/mol. The minimum atomic E-state index is -2.05. The number of aliphatic hydroxyl groups excluding tert-OH is 1. The first-order valence-corrected chi connectivity index (χ1v) is 21.1. The molecule has 6 heteroatoms. The van der Waals surface area contributed by atoms with Crippen LogP contribution in [0.15, 0.2) is 60.8 Å². The van der Waals surface area contributed by atoms with Crippen LogP contribution in [0.2, 0.25) is 0 Å². The largest absolute Gasteiger partial charge is 0.396 e. The second kappa shape index (κ2) is 35.2. The van der Waals surface area contributed by atoms with Gasteiger partial charge in [-0.2, -0.15) is 10.6 Å². The maximum absolute atomic E-state index is 10.3. The monoisotopic (exact) mass is 666 g/mol. The average molecular weight is 666 g/mol. The summed E-state index contributed by atoms with van der Waals surface area (Å²) in [7, 11) is -2.05. The molecule has 46 heavy (non-hydrogen) atoms. The van der Waals surface area contributed by atoms with Gasteiger partial charge < -0.3 is 14.7 Å². The average Bonchev–Trinajstić information content (AvgIpc) is 3.02. The number of hydrogen-bond acceptors (Lipinski definition) is 5. The van der Waals surface area contributed by atoms with E-state index in [0.29, 0.717) is 6.61 Å². The highest BCUT2D eigenvalue weighted by Gasteiger charge is 2.15. The van der Waals surface area contributed by atoms with Gasteiger partial charge in [-0.15, -0.1) is 0 Å². The van der Waals surface area contributed by atoms with Crippen LogP contribution < -0.4 is 0 Å². The topological polar surface area (TPSA) is 62.2 Å². The van der Waals surface area contributed by atoms with E-state index in [0.717, 1.165) is 103 Å². The molecule has 0 spiro atoms. The first kappa shape index (κ1) is 44.9. The van der Waals surface area contributed by atoms with Gasteiger partial charge in [0.15, 0.2) is 6.29 Å². The standard InChI is InChI=1S/C40H75NO4S/c1-5-7-9-11-13-14-15-16-17-18-19-20-21-22-23-24-25-29-35-41(37-31-32-38-42)36-30-27-28-34-40(45-46(3,4)43)44-39-33-26-12-10-8-6-2/h7,9,13-14,16-17,19-20,22-23,40,42-43H,5-6,8,10-12,15,18,21,24-39H2,1-4H3/b9-7-,14-13-,17-16-,20-19-,23-22-. The van der Waals surface area contributed by atoms with Crippen LogP contribution >= 0.6 is 10.6 Å². The molecule has 0 amide bonds. The smallest absolute Gasteiger partial charge is 0.180 e. The third-order valence-corrected chi connectivity index (χ3v) is 8.38. The molecule has 0 aromatic heterocycles. The van der Waals surface area contributed by atoms with Gasteiger partial charge in [-0.25, -0.2) is 0 Å². The molecule has 0 aliphatic rings. The van der Waals surface area contributed by atoms with E-state index in [4.69, 9.17) is 8.92 Å². The Kier molecular flexibility index (Phi) is 34.3. The van der Waals surface area contributed by atoms with Crippen molar-refractivity contribution in [3.8, 4) is 0 Å². The van der Waals surface area contributed by atoms with Gasteiger partial charge in [0.2, 0.25) is 0 Å². The lowest BCUT2D eigenvalue weighted by Crippen LogP contribution is -2.27.